The molecule has 43 heavy (non-hydrogen) atoms. The lowest BCUT2D eigenvalue weighted by molar-refractivity contribution is -0.0581. The Morgan fingerprint density at radius 1 is 1.14 bits per heavy atom. The van der Waals surface area contributed by atoms with Crippen LogP contribution in [0.4, 0.5) is 5.69 Å². The summed E-state index contributed by atoms with van der Waals surface area (Å²) in [5, 5.41) is 22.4. The van der Waals surface area contributed by atoms with Crippen LogP contribution in [0.2, 0.25) is 5.02 Å². The minimum Gasteiger partial charge on any atom is -0.487 e. The number of ether oxygens (including phenoxy) is 1. The van der Waals surface area contributed by atoms with Gasteiger partial charge in [-0.05, 0) is 111 Å². The third-order valence-electron chi connectivity index (χ3n) is 10.3. The van der Waals surface area contributed by atoms with Gasteiger partial charge < -0.3 is 19.8 Å². The molecule has 10 heteroatoms. The van der Waals surface area contributed by atoms with Crippen molar-refractivity contribution < 1.29 is 28.2 Å². The Balaban J connectivity index is 1.40. The molecule has 5 atom stereocenters. The van der Waals surface area contributed by atoms with Crippen molar-refractivity contribution in [1.29, 1.82) is 0 Å². The molecule has 2 fully saturated rings. The fraction of sp³-hybridized carbons (Fsp3) is 0.545. The molecule has 2 aliphatic carbocycles. The van der Waals surface area contributed by atoms with Crippen LogP contribution >= 0.6 is 11.6 Å². The van der Waals surface area contributed by atoms with Crippen molar-refractivity contribution in [2.24, 2.45) is 17.8 Å². The number of hydrogen-bond acceptors (Lipinski definition) is 7. The normalized spacial score (nSPS) is 32.8. The first-order valence-electron chi connectivity index (χ1n) is 15.4. The van der Waals surface area contributed by atoms with Crippen LogP contribution < -0.4 is 14.4 Å². The van der Waals surface area contributed by atoms with E-state index in [0.29, 0.717) is 43.3 Å². The topological polar surface area (TPSA) is 116 Å². The zero-order valence-corrected chi connectivity index (χ0v) is 26.2. The number of aliphatic hydroxyl groups excluding tert-OH is 1. The highest BCUT2D eigenvalue weighted by Gasteiger charge is 2.60. The lowest BCUT2D eigenvalue weighted by Crippen LogP contribution is -2.50. The average molecular weight is 629 g/mol. The minimum absolute atomic E-state index is 0.0430. The van der Waals surface area contributed by atoms with Gasteiger partial charge in [-0.1, -0.05) is 29.8 Å². The highest BCUT2D eigenvalue weighted by Crippen LogP contribution is 2.52. The number of carbonyl (C=O) groups is 1. The molecule has 1 amide bonds. The standard InChI is InChI=1S/C33H41ClN2O6S/c1-32-19-26(32)6-4-13-33(39,14-16-37)28-11-8-24(28)20-36-15-3-2-5-22-17-27(34)10-7-25(22)21-42-30-12-9-23(18-29(30)36)31(38)35-43(32,40)41/h4,7,9-10,12-13,17-18,24,26,28,37,39H,2-3,5-6,8,11,14-16,19-21H2,1H3,(H,35,38)/b13-4+/t24-,26+,28+,32+,33+/m0/s1. The van der Waals surface area contributed by atoms with Crippen molar-refractivity contribution in [2.45, 2.75) is 75.2 Å². The highest BCUT2D eigenvalue weighted by atomic mass is 35.5. The molecule has 0 saturated heterocycles. The second-order valence-electron chi connectivity index (χ2n) is 13.0. The molecule has 0 unspecified atom stereocenters. The molecule has 2 bridgehead atoms. The Hall–Kier alpha value is -2.59. The van der Waals surface area contributed by atoms with Crippen LogP contribution in [0, 0.1) is 17.8 Å². The van der Waals surface area contributed by atoms with E-state index < -0.39 is 26.3 Å². The van der Waals surface area contributed by atoms with Crippen LogP contribution in [-0.2, 0) is 23.1 Å². The number of anilines is 1. The fourth-order valence-electron chi connectivity index (χ4n) is 7.21. The first-order chi connectivity index (χ1) is 20.5. The SMILES string of the molecule is C[C@@]12C[C@H]1C/C=C/[C@@](O)(CCO)[C@@H]1CC[C@H]1CN1CCCCc3cc(Cl)ccc3COc3ccc(cc31)C(=O)NS2(=O)=O. The van der Waals surface area contributed by atoms with E-state index in [2.05, 4.69) is 9.62 Å². The number of nitrogens with one attached hydrogen (secondary N) is 1. The number of amides is 1. The molecule has 2 aliphatic heterocycles. The lowest BCUT2D eigenvalue weighted by Gasteiger charge is -2.48. The number of hydrogen-bond donors (Lipinski definition) is 3. The van der Waals surface area contributed by atoms with Crippen LogP contribution in [0.1, 0.15) is 73.4 Å². The molecular formula is C33H41ClN2O6S. The highest BCUT2D eigenvalue weighted by molar-refractivity contribution is 7.91. The van der Waals surface area contributed by atoms with E-state index in [1.54, 1.807) is 31.2 Å². The van der Waals surface area contributed by atoms with Crippen LogP contribution in [-0.4, -0.2) is 54.6 Å². The molecule has 4 aliphatic rings. The summed E-state index contributed by atoms with van der Waals surface area (Å²) in [6.07, 6.45) is 9.27. The number of nitrogens with zero attached hydrogens (tertiary/aromatic N) is 1. The number of rotatable bonds is 2. The lowest BCUT2D eigenvalue weighted by atomic mass is 9.63. The number of sulfonamides is 1. The molecule has 0 radical (unpaired) electrons. The van der Waals surface area contributed by atoms with Crippen molar-refractivity contribution >= 4 is 33.2 Å². The van der Waals surface area contributed by atoms with E-state index in [-0.39, 0.29) is 36.3 Å². The number of fused-ring (bicyclic) bond motifs is 4. The first-order valence-corrected chi connectivity index (χ1v) is 17.3. The predicted octanol–water partition coefficient (Wildman–Crippen LogP) is 5.00. The second kappa shape index (κ2) is 11.7. The molecule has 2 saturated carbocycles. The fourth-order valence-corrected chi connectivity index (χ4v) is 8.95. The second-order valence-corrected chi connectivity index (χ2v) is 15.6. The summed E-state index contributed by atoms with van der Waals surface area (Å²) in [5.41, 5.74) is 2.02. The minimum atomic E-state index is -3.95. The van der Waals surface area contributed by atoms with Crippen molar-refractivity contribution in [3.05, 3.63) is 70.3 Å². The zero-order valence-electron chi connectivity index (χ0n) is 24.6. The van der Waals surface area contributed by atoms with E-state index in [9.17, 15) is 23.4 Å². The number of halogens is 1. The van der Waals surface area contributed by atoms with Gasteiger partial charge in [-0.15, -0.1) is 0 Å². The van der Waals surface area contributed by atoms with E-state index in [4.69, 9.17) is 16.3 Å². The van der Waals surface area contributed by atoms with Gasteiger partial charge in [0, 0.05) is 36.7 Å². The smallest absolute Gasteiger partial charge is 0.264 e. The molecular weight excluding hydrogens is 588 g/mol. The van der Waals surface area contributed by atoms with Gasteiger partial charge in [0.15, 0.2) is 0 Å². The Labute approximate surface area is 259 Å². The Kier molecular flexibility index (Phi) is 8.30. The summed E-state index contributed by atoms with van der Waals surface area (Å²) < 4.78 is 34.4. The number of aryl methyl sites for hydroxylation is 1. The summed E-state index contributed by atoms with van der Waals surface area (Å²) >= 11 is 6.31. The van der Waals surface area contributed by atoms with Gasteiger partial charge in [-0.25, -0.2) is 13.1 Å². The molecule has 2 aromatic carbocycles. The molecule has 6 rings (SSSR count). The molecule has 3 N–H and O–H groups in total. The first kappa shape index (κ1) is 30.4. The Bertz CT molecular complexity index is 1530. The Morgan fingerprint density at radius 2 is 1.98 bits per heavy atom. The average Bonchev–Trinajstić information content (AvgIpc) is 3.62. The van der Waals surface area contributed by atoms with Gasteiger partial charge in [-0.3, -0.25) is 4.79 Å². The predicted molar refractivity (Wildman–Crippen MR) is 167 cm³/mol. The van der Waals surface area contributed by atoms with E-state index in [1.807, 2.05) is 24.3 Å². The van der Waals surface area contributed by atoms with Crippen LogP contribution in [0.15, 0.2) is 48.6 Å². The van der Waals surface area contributed by atoms with Gasteiger partial charge in [-0.2, -0.15) is 0 Å². The van der Waals surface area contributed by atoms with Gasteiger partial charge in [0.1, 0.15) is 12.4 Å². The van der Waals surface area contributed by atoms with E-state index in [0.717, 1.165) is 48.9 Å². The summed E-state index contributed by atoms with van der Waals surface area (Å²) in [7, 11) is -3.95. The maximum Gasteiger partial charge on any atom is 0.264 e. The summed E-state index contributed by atoms with van der Waals surface area (Å²) in [5.74, 6) is -0.0679. The molecule has 8 nitrogen and oxygen atoms in total. The van der Waals surface area contributed by atoms with Crippen molar-refractivity contribution in [1.82, 2.24) is 4.72 Å². The van der Waals surface area contributed by atoms with Crippen LogP contribution in [0.25, 0.3) is 0 Å². The van der Waals surface area contributed by atoms with Crippen molar-refractivity contribution in [2.75, 3.05) is 24.6 Å². The molecule has 232 valence electrons. The zero-order chi connectivity index (χ0) is 30.4. The number of allylic oxidation sites excluding steroid dienone is 1. The summed E-state index contributed by atoms with van der Waals surface area (Å²) in [6.45, 7) is 3.21. The van der Waals surface area contributed by atoms with Crippen molar-refractivity contribution in [3.8, 4) is 5.75 Å². The maximum absolute atomic E-state index is 13.4. The van der Waals surface area contributed by atoms with E-state index in [1.165, 1.54) is 0 Å². The summed E-state index contributed by atoms with van der Waals surface area (Å²) in [6, 6.07) is 11.0. The third kappa shape index (κ3) is 5.93. The Morgan fingerprint density at radius 3 is 2.74 bits per heavy atom. The van der Waals surface area contributed by atoms with Gasteiger partial charge in [0.2, 0.25) is 10.0 Å². The van der Waals surface area contributed by atoms with Gasteiger partial charge >= 0.3 is 0 Å². The maximum atomic E-state index is 13.4. The molecule has 0 spiro atoms. The van der Waals surface area contributed by atoms with Gasteiger partial charge in [0.05, 0.1) is 16.0 Å². The third-order valence-corrected chi connectivity index (χ3v) is 12.7. The number of carbonyl (C=O) groups excluding carboxylic acids is 1. The van der Waals surface area contributed by atoms with Crippen LogP contribution in [0.5, 0.6) is 5.75 Å². The van der Waals surface area contributed by atoms with Gasteiger partial charge in [0.25, 0.3) is 5.91 Å². The van der Waals surface area contributed by atoms with E-state index >= 15 is 0 Å². The largest absolute Gasteiger partial charge is 0.487 e. The molecule has 2 heterocycles. The monoisotopic (exact) mass is 628 g/mol. The number of benzene rings is 2. The summed E-state index contributed by atoms with van der Waals surface area (Å²) in [4.78, 5) is 15.6. The number of aliphatic hydroxyl groups is 2. The quantitative estimate of drug-likeness (QED) is 0.401. The molecule has 2 aromatic rings. The van der Waals surface area contributed by atoms with Crippen LogP contribution in [0.3, 0.4) is 0 Å². The van der Waals surface area contributed by atoms with Crippen molar-refractivity contribution in [3.63, 3.8) is 0 Å². The molecule has 0 aromatic heterocycles.